The molecule has 1 aromatic rings. The topological polar surface area (TPSA) is 20.3 Å². The normalized spacial score (nSPS) is 11.4. The zero-order valence-corrected chi connectivity index (χ0v) is 9.71. The van der Waals surface area contributed by atoms with Crippen LogP contribution in [0.1, 0.15) is 25.3 Å². The van der Waals surface area contributed by atoms with E-state index >= 15 is 0 Å². The van der Waals surface area contributed by atoms with Crippen molar-refractivity contribution in [1.82, 2.24) is 0 Å². The fraction of sp³-hybridized carbons (Fsp3) is 0.417. The van der Waals surface area contributed by atoms with Crippen LogP contribution in [0, 0.1) is 0 Å². The lowest BCUT2D eigenvalue weighted by atomic mass is 10.1. The largest absolute Gasteiger partial charge is 0.418 e. The Bertz CT molecular complexity index is 401. The minimum Gasteiger partial charge on any atom is -0.315 e. The summed E-state index contributed by atoms with van der Waals surface area (Å²) in [5.41, 5.74) is -0.884. The Balaban J connectivity index is 3.09. The predicted octanol–water partition coefficient (Wildman–Crippen LogP) is 3.47. The molecule has 0 N–H and O–H groups in total. The molecule has 17 heavy (non-hydrogen) atoms. The van der Waals surface area contributed by atoms with Crippen LogP contribution in [0.3, 0.4) is 0 Å². The summed E-state index contributed by atoms with van der Waals surface area (Å²) in [6.07, 6.45) is -3.60. The molecule has 0 saturated carbocycles. The van der Waals surface area contributed by atoms with Crippen molar-refractivity contribution in [2.45, 2.75) is 25.9 Å². The van der Waals surface area contributed by atoms with Gasteiger partial charge in [-0.15, -0.1) is 0 Å². The molecule has 0 aliphatic carbocycles. The predicted molar refractivity (Wildman–Crippen MR) is 59.8 cm³/mol. The lowest BCUT2D eigenvalue weighted by molar-refractivity contribution is -0.137. The summed E-state index contributed by atoms with van der Waals surface area (Å²) in [7, 11) is 1.36. The molecule has 0 radical (unpaired) electrons. The second-order valence-electron chi connectivity index (χ2n) is 3.72. The average Bonchev–Trinajstić information content (AvgIpc) is 2.27. The lowest BCUT2D eigenvalue weighted by Crippen LogP contribution is -2.28. The molecule has 94 valence electrons. The van der Waals surface area contributed by atoms with Crippen LogP contribution in [0.25, 0.3) is 0 Å². The molecular formula is C12H14F3NO. The summed E-state index contributed by atoms with van der Waals surface area (Å²) in [5, 5.41) is 0. The number of hydrogen-bond donors (Lipinski definition) is 0. The Labute approximate surface area is 98.0 Å². The highest BCUT2D eigenvalue weighted by atomic mass is 19.4. The number of rotatable bonds is 3. The third-order valence-electron chi connectivity index (χ3n) is 2.41. The summed E-state index contributed by atoms with van der Waals surface area (Å²) >= 11 is 0. The first-order valence-corrected chi connectivity index (χ1v) is 5.30. The number of alkyl halides is 3. The molecule has 2 nitrogen and oxygen atoms in total. The van der Waals surface area contributed by atoms with Crippen molar-refractivity contribution in [2.75, 3.05) is 11.9 Å². The smallest absolute Gasteiger partial charge is 0.315 e. The van der Waals surface area contributed by atoms with Crippen LogP contribution in [0.5, 0.6) is 0 Å². The van der Waals surface area contributed by atoms with E-state index in [0.717, 1.165) is 11.0 Å². The van der Waals surface area contributed by atoms with Gasteiger partial charge in [0.15, 0.2) is 0 Å². The summed E-state index contributed by atoms with van der Waals surface area (Å²) in [6, 6.07) is 5.08. The zero-order chi connectivity index (χ0) is 13.1. The van der Waals surface area contributed by atoms with Gasteiger partial charge < -0.3 is 4.90 Å². The minimum atomic E-state index is -4.45. The molecular weight excluding hydrogens is 231 g/mol. The maximum Gasteiger partial charge on any atom is 0.418 e. The lowest BCUT2D eigenvalue weighted by Gasteiger charge is -2.21. The number of benzene rings is 1. The molecule has 1 amide bonds. The number of nitrogens with zero attached hydrogens (tertiary/aromatic N) is 1. The summed E-state index contributed by atoms with van der Waals surface area (Å²) < 4.78 is 38.2. The second kappa shape index (κ2) is 5.21. The average molecular weight is 245 g/mol. The van der Waals surface area contributed by atoms with Gasteiger partial charge >= 0.3 is 6.18 Å². The number of carbonyl (C=O) groups is 1. The second-order valence-corrected chi connectivity index (χ2v) is 3.72. The van der Waals surface area contributed by atoms with Crippen LogP contribution in [-0.2, 0) is 11.0 Å². The van der Waals surface area contributed by atoms with Gasteiger partial charge in [0.05, 0.1) is 11.3 Å². The van der Waals surface area contributed by atoms with Gasteiger partial charge in [0.1, 0.15) is 0 Å². The van der Waals surface area contributed by atoms with E-state index in [9.17, 15) is 18.0 Å². The van der Waals surface area contributed by atoms with Gasteiger partial charge in [0, 0.05) is 13.5 Å². The van der Waals surface area contributed by atoms with Gasteiger partial charge in [0.2, 0.25) is 5.91 Å². The number of hydrogen-bond acceptors (Lipinski definition) is 1. The number of para-hydroxylation sites is 1. The standard InChI is InChI=1S/C12H14F3NO/c1-3-6-11(17)16(2)10-8-5-4-7-9(10)12(13,14)15/h4-5,7-8H,3,6H2,1-2H3. The first kappa shape index (κ1) is 13.5. The van der Waals surface area contributed by atoms with Crippen molar-refractivity contribution in [3.05, 3.63) is 29.8 Å². The van der Waals surface area contributed by atoms with Gasteiger partial charge in [0.25, 0.3) is 0 Å². The summed E-state index contributed by atoms with van der Waals surface area (Å²) in [5.74, 6) is -0.316. The molecule has 1 aromatic carbocycles. The zero-order valence-electron chi connectivity index (χ0n) is 9.71. The van der Waals surface area contributed by atoms with E-state index in [1.54, 1.807) is 6.92 Å². The monoisotopic (exact) mass is 245 g/mol. The summed E-state index contributed by atoms with van der Waals surface area (Å²) in [4.78, 5) is 12.6. The van der Waals surface area contributed by atoms with E-state index in [-0.39, 0.29) is 18.0 Å². The number of anilines is 1. The number of carbonyl (C=O) groups excluding carboxylic acids is 1. The van der Waals surface area contributed by atoms with Crippen LogP contribution in [0.4, 0.5) is 18.9 Å². The molecule has 0 aliphatic heterocycles. The fourth-order valence-corrected chi connectivity index (χ4v) is 1.52. The Kier molecular flexibility index (Phi) is 4.15. The van der Waals surface area contributed by atoms with Gasteiger partial charge in [-0.05, 0) is 18.6 Å². The van der Waals surface area contributed by atoms with Crippen LogP contribution in [-0.4, -0.2) is 13.0 Å². The van der Waals surface area contributed by atoms with E-state index in [2.05, 4.69) is 0 Å². The Hall–Kier alpha value is -1.52. The molecule has 0 unspecified atom stereocenters. The molecule has 0 fully saturated rings. The molecule has 0 spiro atoms. The van der Waals surface area contributed by atoms with Gasteiger partial charge in [-0.2, -0.15) is 13.2 Å². The first-order chi connectivity index (χ1) is 7.88. The Morgan fingerprint density at radius 3 is 2.41 bits per heavy atom. The fourth-order valence-electron chi connectivity index (χ4n) is 1.52. The highest BCUT2D eigenvalue weighted by molar-refractivity contribution is 5.93. The first-order valence-electron chi connectivity index (χ1n) is 5.30. The molecule has 0 heterocycles. The van der Waals surface area contributed by atoms with Crippen LogP contribution < -0.4 is 4.90 Å². The van der Waals surface area contributed by atoms with Gasteiger partial charge in [-0.1, -0.05) is 19.1 Å². The summed E-state index contributed by atoms with van der Waals surface area (Å²) in [6.45, 7) is 1.81. The third-order valence-corrected chi connectivity index (χ3v) is 2.41. The van der Waals surface area contributed by atoms with E-state index in [0.29, 0.717) is 6.42 Å². The number of halogens is 3. The maximum atomic E-state index is 12.7. The Morgan fingerprint density at radius 1 is 1.29 bits per heavy atom. The highest BCUT2D eigenvalue weighted by Gasteiger charge is 2.34. The van der Waals surface area contributed by atoms with Gasteiger partial charge in [-0.25, -0.2) is 0 Å². The van der Waals surface area contributed by atoms with Crippen molar-refractivity contribution >= 4 is 11.6 Å². The SMILES string of the molecule is CCCC(=O)N(C)c1ccccc1C(F)(F)F. The number of amides is 1. The molecule has 1 rings (SSSR count). The van der Waals surface area contributed by atoms with Crippen molar-refractivity contribution in [3.8, 4) is 0 Å². The van der Waals surface area contributed by atoms with Crippen LogP contribution in [0.15, 0.2) is 24.3 Å². The Morgan fingerprint density at radius 2 is 1.88 bits per heavy atom. The quantitative estimate of drug-likeness (QED) is 0.798. The molecule has 0 saturated heterocycles. The van der Waals surface area contributed by atoms with Crippen molar-refractivity contribution in [2.24, 2.45) is 0 Å². The van der Waals surface area contributed by atoms with Crippen molar-refractivity contribution in [3.63, 3.8) is 0 Å². The van der Waals surface area contributed by atoms with Crippen molar-refractivity contribution < 1.29 is 18.0 Å². The molecule has 0 bridgehead atoms. The van der Waals surface area contributed by atoms with Crippen LogP contribution >= 0.6 is 0 Å². The molecule has 0 aliphatic rings. The molecule has 0 atom stereocenters. The van der Waals surface area contributed by atoms with E-state index in [4.69, 9.17) is 0 Å². The third kappa shape index (κ3) is 3.22. The van der Waals surface area contributed by atoms with E-state index in [1.165, 1.54) is 25.2 Å². The van der Waals surface area contributed by atoms with Gasteiger partial charge in [-0.3, -0.25) is 4.79 Å². The molecule has 5 heteroatoms. The maximum absolute atomic E-state index is 12.7. The van der Waals surface area contributed by atoms with E-state index in [1.807, 2.05) is 0 Å². The van der Waals surface area contributed by atoms with Crippen LogP contribution in [0.2, 0.25) is 0 Å². The van der Waals surface area contributed by atoms with E-state index < -0.39 is 11.7 Å². The molecule has 0 aromatic heterocycles. The highest BCUT2D eigenvalue weighted by Crippen LogP contribution is 2.36. The van der Waals surface area contributed by atoms with Crippen molar-refractivity contribution in [1.29, 1.82) is 0 Å². The minimum absolute atomic E-state index is 0.0987.